The van der Waals surface area contributed by atoms with E-state index in [0.717, 1.165) is 29.8 Å². The number of thioether (sulfide) groups is 1. The zero-order valence-corrected chi connectivity index (χ0v) is 22.5. The number of rotatable bonds is 7. The molecule has 2 saturated heterocycles. The number of hydrogen-bond acceptors (Lipinski definition) is 4. The molecule has 0 aliphatic carbocycles. The van der Waals surface area contributed by atoms with Gasteiger partial charge in [-0.05, 0) is 61.1 Å². The Bertz CT molecular complexity index is 1270. The fourth-order valence-corrected chi connectivity index (χ4v) is 6.53. The van der Waals surface area contributed by atoms with Crippen molar-refractivity contribution in [3.8, 4) is 5.69 Å². The number of hydrogen-bond donors (Lipinski definition) is 1. The molecule has 5 rings (SSSR count). The van der Waals surface area contributed by atoms with Gasteiger partial charge >= 0.3 is 0 Å². The lowest BCUT2D eigenvalue weighted by molar-refractivity contribution is -0.135. The summed E-state index contributed by atoms with van der Waals surface area (Å²) >= 11 is 1.58. The van der Waals surface area contributed by atoms with E-state index >= 15 is 0 Å². The first-order chi connectivity index (χ1) is 18.4. The summed E-state index contributed by atoms with van der Waals surface area (Å²) in [7, 11) is 0. The van der Waals surface area contributed by atoms with E-state index in [2.05, 4.69) is 5.32 Å². The summed E-state index contributed by atoms with van der Waals surface area (Å²) in [5, 5.41) is 2.87. The number of carbonyl (C=O) groups excluding carboxylic acids is 3. The minimum absolute atomic E-state index is 0.0142. The van der Waals surface area contributed by atoms with Crippen molar-refractivity contribution in [3.05, 3.63) is 84.7 Å². The molecular formula is C30H34N4O3S. The van der Waals surface area contributed by atoms with Crippen LogP contribution in [0, 0.1) is 5.41 Å². The predicted molar refractivity (Wildman–Crippen MR) is 149 cm³/mol. The highest BCUT2D eigenvalue weighted by molar-refractivity contribution is 7.99. The summed E-state index contributed by atoms with van der Waals surface area (Å²) in [6, 6.07) is 21.0. The fraction of sp³-hybridized carbons (Fsp3) is 0.367. The van der Waals surface area contributed by atoms with Crippen LogP contribution in [0.1, 0.15) is 36.5 Å². The van der Waals surface area contributed by atoms with Crippen molar-refractivity contribution in [3.63, 3.8) is 0 Å². The van der Waals surface area contributed by atoms with Gasteiger partial charge in [0.15, 0.2) is 0 Å². The third-order valence-electron chi connectivity index (χ3n) is 7.71. The van der Waals surface area contributed by atoms with E-state index in [4.69, 9.17) is 0 Å². The van der Waals surface area contributed by atoms with Gasteiger partial charge in [0.2, 0.25) is 11.8 Å². The van der Waals surface area contributed by atoms with E-state index < -0.39 is 6.04 Å². The molecule has 8 heteroatoms. The molecule has 1 N–H and O–H groups in total. The lowest BCUT2D eigenvalue weighted by Crippen LogP contribution is -2.50. The van der Waals surface area contributed by atoms with Gasteiger partial charge in [0, 0.05) is 56.1 Å². The first kappa shape index (κ1) is 26.1. The number of nitrogens with one attached hydrogen (secondary N) is 1. The average Bonchev–Trinajstić information content (AvgIpc) is 3.62. The number of carbonyl (C=O) groups is 3. The number of benzene rings is 2. The van der Waals surface area contributed by atoms with Crippen molar-refractivity contribution in [1.82, 2.24) is 19.7 Å². The fourth-order valence-electron chi connectivity index (χ4n) is 5.60. The van der Waals surface area contributed by atoms with Gasteiger partial charge in [-0.15, -0.1) is 11.8 Å². The van der Waals surface area contributed by atoms with Gasteiger partial charge in [-0.25, -0.2) is 0 Å². The quantitative estimate of drug-likeness (QED) is 0.464. The Balaban J connectivity index is 1.20. The third-order valence-corrected chi connectivity index (χ3v) is 8.82. The van der Waals surface area contributed by atoms with Gasteiger partial charge in [-0.3, -0.25) is 14.4 Å². The molecule has 2 aromatic carbocycles. The number of para-hydroxylation sites is 1. The van der Waals surface area contributed by atoms with E-state index in [-0.39, 0.29) is 23.1 Å². The second kappa shape index (κ2) is 11.5. The number of amides is 3. The van der Waals surface area contributed by atoms with Crippen molar-refractivity contribution in [2.45, 2.75) is 37.1 Å². The highest BCUT2D eigenvalue weighted by atomic mass is 32.2. The maximum atomic E-state index is 13.5. The summed E-state index contributed by atoms with van der Waals surface area (Å²) in [4.78, 5) is 43.8. The Morgan fingerprint density at radius 3 is 2.18 bits per heavy atom. The summed E-state index contributed by atoms with van der Waals surface area (Å²) in [6.45, 7) is 4.19. The Morgan fingerprint density at radius 2 is 1.50 bits per heavy atom. The highest BCUT2D eigenvalue weighted by Crippen LogP contribution is 2.41. The first-order valence-corrected chi connectivity index (χ1v) is 14.2. The van der Waals surface area contributed by atoms with Crippen molar-refractivity contribution >= 4 is 29.5 Å². The molecule has 7 nitrogen and oxygen atoms in total. The van der Waals surface area contributed by atoms with Crippen LogP contribution >= 0.6 is 11.8 Å². The zero-order valence-electron chi connectivity index (χ0n) is 21.7. The molecule has 3 amide bonds. The summed E-state index contributed by atoms with van der Waals surface area (Å²) < 4.78 is 1.97. The SMILES string of the molecule is CC(=O)NC(CSc1ccccc1)C(=O)N1CCC2(CCN(C(=O)c3ccccc3-n3cccc3)CC2)C1. The normalized spacial score (nSPS) is 17.4. The molecule has 1 unspecified atom stereocenters. The molecule has 2 aliphatic heterocycles. The molecule has 1 spiro atoms. The second-order valence-corrected chi connectivity index (χ2v) is 11.4. The summed E-state index contributed by atoms with van der Waals surface area (Å²) in [6.07, 6.45) is 6.58. The number of likely N-dealkylation sites (tertiary alicyclic amines) is 2. The predicted octanol–water partition coefficient (Wildman–Crippen LogP) is 4.23. The minimum atomic E-state index is -0.556. The molecule has 1 atom stereocenters. The van der Waals surface area contributed by atoms with E-state index in [1.54, 1.807) is 11.8 Å². The third kappa shape index (κ3) is 5.80. The Morgan fingerprint density at radius 1 is 0.868 bits per heavy atom. The molecule has 3 heterocycles. The van der Waals surface area contributed by atoms with Crippen LogP contribution in [0.5, 0.6) is 0 Å². The molecule has 198 valence electrons. The Kier molecular flexibility index (Phi) is 7.88. The average molecular weight is 531 g/mol. The van der Waals surface area contributed by atoms with Crippen LogP contribution in [0.3, 0.4) is 0 Å². The summed E-state index contributed by atoms with van der Waals surface area (Å²) in [5.74, 6) is 0.339. The highest BCUT2D eigenvalue weighted by Gasteiger charge is 2.44. The smallest absolute Gasteiger partial charge is 0.255 e. The van der Waals surface area contributed by atoms with Crippen LogP contribution < -0.4 is 5.32 Å². The largest absolute Gasteiger partial charge is 0.344 e. The van der Waals surface area contributed by atoms with Crippen LogP contribution in [-0.4, -0.2) is 70.1 Å². The van der Waals surface area contributed by atoms with Gasteiger partial charge in [0.25, 0.3) is 5.91 Å². The maximum Gasteiger partial charge on any atom is 0.255 e. The standard InChI is InChI=1S/C30H34N4O3S/c1-23(35)31-26(21-38-24-9-3-2-4-10-24)29(37)34-20-15-30(22-34)13-18-33(19-14-30)28(36)25-11-5-6-12-27(25)32-16-7-8-17-32/h2-12,16-17,26H,13-15,18-22H2,1H3,(H,31,35). The van der Waals surface area contributed by atoms with Crippen LogP contribution in [-0.2, 0) is 9.59 Å². The van der Waals surface area contributed by atoms with Crippen LogP contribution in [0.15, 0.2) is 84.0 Å². The lowest BCUT2D eigenvalue weighted by Gasteiger charge is -2.39. The molecule has 38 heavy (non-hydrogen) atoms. The van der Waals surface area contributed by atoms with Crippen molar-refractivity contribution in [2.24, 2.45) is 5.41 Å². The van der Waals surface area contributed by atoms with E-state index in [1.807, 2.05) is 93.5 Å². The Labute approximate surface area is 228 Å². The van der Waals surface area contributed by atoms with Crippen LogP contribution in [0.4, 0.5) is 0 Å². The summed E-state index contributed by atoms with van der Waals surface area (Å²) in [5.41, 5.74) is 1.62. The Hall–Kier alpha value is -3.52. The molecule has 3 aromatic rings. The van der Waals surface area contributed by atoms with Gasteiger partial charge in [-0.2, -0.15) is 0 Å². The van der Waals surface area contributed by atoms with Gasteiger partial charge in [0.05, 0.1) is 11.3 Å². The topological polar surface area (TPSA) is 74.7 Å². The molecule has 0 saturated carbocycles. The van der Waals surface area contributed by atoms with E-state index in [1.165, 1.54) is 6.92 Å². The van der Waals surface area contributed by atoms with E-state index in [0.29, 0.717) is 37.5 Å². The van der Waals surface area contributed by atoms with Crippen LogP contribution in [0.25, 0.3) is 5.69 Å². The number of piperidine rings is 1. The van der Waals surface area contributed by atoms with Gasteiger partial charge in [0.1, 0.15) is 6.04 Å². The monoisotopic (exact) mass is 530 g/mol. The molecule has 0 bridgehead atoms. The number of aromatic nitrogens is 1. The second-order valence-electron chi connectivity index (χ2n) is 10.3. The van der Waals surface area contributed by atoms with Crippen molar-refractivity contribution < 1.29 is 14.4 Å². The van der Waals surface area contributed by atoms with Crippen LogP contribution in [0.2, 0.25) is 0 Å². The molecule has 1 aromatic heterocycles. The van der Waals surface area contributed by atoms with Gasteiger partial charge in [-0.1, -0.05) is 30.3 Å². The van der Waals surface area contributed by atoms with E-state index in [9.17, 15) is 14.4 Å². The van der Waals surface area contributed by atoms with Crippen molar-refractivity contribution in [2.75, 3.05) is 31.9 Å². The lowest BCUT2D eigenvalue weighted by atomic mass is 9.77. The molecular weight excluding hydrogens is 496 g/mol. The van der Waals surface area contributed by atoms with Crippen molar-refractivity contribution in [1.29, 1.82) is 0 Å². The maximum absolute atomic E-state index is 13.5. The minimum Gasteiger partial charge on any atom is -0.344 e. The zero-order chi connectivity index (χ0) is 26.5. The first-order valence-electron chi connectivity index (χ1n) is 13.2. The molecule has 0 radical (unpaired) electrons. The number of nitrogens with zero attached hydrogens (tertiary/aromatic N) is 3. The van der Waals surface area contributed by atoms with Gasteiger partial charge < -0.3 is 19.7 Å². The molecule has 2 aliphatic rings. The molecule has 2 fully saturated rings.